The minimum atomic E-state index is -1.84. The van der Waals surface area contributed by atoms with Crippen LogP contribution in [0.2, 0.25) is 33.2 Å². The molecular formula is C28H42Br4Si2. The first-order valence-electron chi connectivity index (χ1n) is 12.4. The van der Waals surface area contributed by atoms with E-state index in [4.69, 9.17) is 0 Å². The molecule has 1 aromatic carbocycles. The van der Waals surface area contributed by atoms with Gasteiger partial charge in [-0.2, -0.15) is 0 Å². The van der Waals surface area contributed by atoms with Crippen LogP contribution in [-0.4, -0.2) is 16.1 Å². The lowest BCUT2D eigenvalue weighted by Gasteiger charge is -2.38. The molecule has 0 aliphatic rings. The van der Waals surface area contributed by atoms with E-state index in [-0.39, 0.29) is 0 Å². The first-order valence-corrected chi connectivity index (χ1v) is 20.1. The Bertz CT molecular complexity index is 846. The van der Waals surface area contributed by atoms with Crippen molar-refractivity contribution in [3.63, 3.8) is 0 Å². The predicted molar refractivity (Wildman–Crippen MR) is 173 cm³/mol. The molecule has 0 spiro atoms. The van der Waals surface area contributed by atoms with Crippen LogP contribution in [0.25, 0.3) is 0 Å². The van der Waals surface area contributed by atoms with Crippen molar-refractivity contribution in [1.29, 1.82) is 0 Å². The van der Waals surface area contributed by atoms with Gasteiger partial charge in [-0.15, -0.1) is 11.1 Å². The second-order valence-corrected chi connectivity index (χ2v) is 25.6. The van der Waals surface area contributed by atoms with Crippen LogP contribution in [0.1, 0.15) is 94.2 Å². The van der Waals surface area contributed by atoms with Gasteiger partial charge >= 0.3 is 0 Å². The van der Waals surface area contributed by atoms with E-state index in [1.807, 2.05) is 0 Å². The molecular weight excluding hydrogens is 712 g/mol. The van der Waals surface area contributed by atoms with E-state index in [0.717, 1.165) is 29.0 Å². The van der Waals surface area contributed by atoms with Crippen molar-refractivity contribution in [2.75, 3.05) is 0 Å². The first kappa shape index (κ1) is 32.7. The summed E-state index contributed by atoms with van der Waals surface area (Å²) in [5.74, 6) is 7.24. The normalized spacial score (nSPS) is 12.6. The lowest BCUT2D eigenvalue weighted by Crippen LogP contribution is -2.43. The SMILES string of the molecule is CC(C)[Si](C#Cc1c(Br)c(Br)c(C#C[Si](C(C)C)(C(C)C)C(C)C)c(Br)c1Br)(C(C)C)C(C)C. The Morgan fingerprint density at radius 2 is 0.588 bits per heavy atom. The lowest BCUT2D eigenvalue weighted by atomic mass is 10.1. The summed E-state index contributed by atoms with van der Waals surface area (Å²) in [7, 11) is -3.68. The Kier molecular flexibility index (Phi) is 12.5. The molecule has 0 saturated carbocycles. The number of rotatable bonds is 6. The molecule has 0 aliphatic carbocycles. The summed E-state index contributed by atoms with van der Waals surface area (Å²) >= 11 is 15.4. The molecule has 0 amide bonds. The molecule has 0 nitrogen and oxygen atoms in total. The van der Waals surface area contributed by atoms with Crippen LogP contribution in [-0.2, 0) is 0 Å². The minimum Gasteiger partial charge on any atom is -0.125 e. The summed E-state index contributed by atoms with van der Waals surface area (Å²) in [5.41, 5.74) is 13.3. The van der Waals surface area contributed by atoms with E-state index < -0.39 is 16.1 Å². The van der Waals surface area contributed by atoms with Crippen molar-refractivity contribution < 1.29 is 0 Å². The number of hydrogen-bond donors (Lipinski definition) is 0. The Hall–Kier alpha value is 0.694. The molecule has 6 heteroatoms. The molecule has 0 aliphatic heterocycles. The Balaban J connectivity index is 3.84. The smallest absolute Gasteiger partial charge is 0.125 e. The van der Waals surface area contributed by atoms with E-state index in [9.17, 15) is 0 Å². The van der Waals surface area contributed by atoms with Gasteiger partial charge in [-0.25, -0.2) is 0 Å². The van der Waals surface area contributed by atoms with Gasteiger partial charge in [0.05, 0.1) is 11.1 Å². The zero-order valence-corrected chi connectivity index (χ0v) is 31.3. The summed E-state index contributed by atoms with van der Waals surface area (Å²) in [6, 6.07) is 0. The van der Waals surface area contributed by atoms with Gasteiger partial charge in [0.2, 0.25) is 0 Å². The Morgan fingerprint density at radius 1 is 0.412 bits per heavy atom. The van der Waals surface area contributed by atoms with Crippen molar-refractivity contribution in [3.8, 4) is 22.9 Å². The second-order valence-electron chi connectivity index (χ2n) is 11.3. The van der Waals surface area contributed by atoms with Gasteiger partial charge in [0.25, 0.3) is 0 Å². The summed E-state index contributed by atoms with van der Waals surface area (Å²) in [6.07, 6.45) is 0. The average molecular weight is 754 g/mol. The third-order valence-electron chi connectivity index (χ3n) is 7.80. The maximum atomic E-state index is 3.86. The number of benzene rings is 1. The summed E-state index contributed by atoms with van der Waals surface area (Å²) < 4.78 is 3.91. The van der Waals surface area contributed by atoms with Crippen molar-refractivity contribution in [3.05, 3.63) is 29.0 Å². The van der Waals surface area contributed by atoms with Gasteiger partial charge in [0.15, 0.2) is 0 Å². The number of halogens is 4. The van der Waals surface area contributed by atoms with Crippen LogP contribution in [0.3, 0.4) is 0 Å². The van der Waals surface area contributed by atoms with E-state index >= 15 is 0 Å². The van der Waals surface area contributed by atoms with Gasteiger partial charge in [0.1, 0.15) is 16.1 Å². The van der Waals surface area contributed by atoms with Gasteiger partial charge in [0, 0.05) is 17.9 Å². The lowest BCUT2D eigenvalue weighted by molar-refractivity contribution is 0.838. The van der Waals surface area contributed by atoms with Crippen LogP contribution in [0, 0.1) is 22.9 Å². The van der Waals surface area contributed by atoms with Crippen molar-refractivity contribution in [2.45, 2.75) is 116 Å². The quantitative estimate of drug-likeness (QED) is 0.154. The first-order chi connectivity index (χ1) is 15.5. The third kappa shape index (κ3) is 6.21. The largest absolute Gasteiger partial charge is 0.146 e. The molecule has 190 valence electrons. The molecule has 0 radical (unpaired) electrons. The maximum Gasteiger partial charge on any atom is 0.146 e. The highest BCUT2D eigenvalue weighted by Crippen LogP contribution is 2.45. The van der Waals surface area contributed by atoms with E-state index in [0.29, 0.717) is 33.2 Å². The van der Waals surface area contributed by atoms with Gasteiger partial charge in [-0.05, 0) is 97.0 Å². The van der Waals surface area contributed by atoms with Gasteiger partial charge < -0.3 is 0 Å². The molecule has 0 fully saturated rings. The van der Waals surface area contributed by atoms with E-state index in [2.05, 4.69) is 170 Å². The van der Waals surface area contributed by atoms with E-state index in [1.54, 1.807) is 0 Å². The van der Waals surface area contributed by atoms with Crippen LogP contribution < -0.4 is 0 Å². The van der Waals surface area contributed by atoms with Crippen molar-refractivity contribution in [2.24, 2.45) is 0 Å². The molecule has 34 heavy (non-hydrogen) atoms. The van der Waals surface area contributed by atoms with Gasteiger partial charge in [-0.3, -0.25) is 0 Å². The zero-order chi connectivity index (χ0) is 26.8. The highest BCUT2D eigenvalue weighted by molar-refractivity contribution is 9.14. The molecule has 0 aromatic heterocycles. The zero-order valence-electron chi connectivity index (χ0n) is 23.0. The van der Waals surface area contributed by atoms with E-state index in [1.165, 1.54) is 0 Å². The molecule has 0 heterocycles. The van der Waals surface area contributed by atoms with Crippen molar-refractivity contribution in [1.82, 2.24) is 0 Å². The second kappa shape index (κ2) is 13.0. The third-order valence-corrected chi connectivity index (χ3v) is 24.6. The van der Waals surface area contributed by atoms with Crippen LogP contribution in [0.5, 0.6) is 0 Å². The Morgan fingerprint density at radius 3 is 0.735 bits per heavy atom. The molecule has 0 bridgehead atoms. The summed E-state index contributed by atoms with van der Waals surface area (Å²) in [5, 5.41) is 0. The van der Waals surface area contributed by atoms with Crippen LogP contribution in [0.4, 0.5) is 0 Å². The molecule has 1 rings (SSSR count). The predicted octanol–water partition coefficient (Wildman–Crippen LogP) is 11.9. The average Bonchev–Trinajstić information content (AvgIpc) is 2.70. The number of hydrogen-bond acceptors (Lipinski definition) is 0. The molecule has 0 N–H and O–H groups in total. The Labute approximate surface area is 246 Å². The van der Waals surface area contributed by atoms with Crippen LogP contribution >= 0.6 is 63.7 Å². The fourth-order valence-electron chi connectivity index (χ4n) is 6.06. The summed E-state index contributed by atoms with van der Waals surface area (Å²) in [4.78, 5) is 0. The highest BCUT2D eigenvalue weighted by Gasteiger charge is 2.42. The molecule has 1 aromatic rings. The standard InChI is InChI=1S/C28H42Br4Si2/c1-17(2)33(18(3)4,19(5)6)15-13-23-25(29)27(31)24(28(32)26(23)30)14-16-34(20(7)8,21(9)10)22(11)12/h17-22H,1-12H3. The fourth-order valence-corrected chi connectivity index (χ4v) is 19.0. The summed E-state index contributed by atoms with van der Waals surface area (Å²) in [6.45, 7) is 28.2. The van der Waals surface area contributed by atoms with Crippen LogP contribution in [0.15, 0.2) is 17.9 Å². The van der Waals surface area contributed by atoms with Gasteiger partial charge in [-0.1, -0.05) is 94.9 Å². The molecule has 0 saturated heterocycles. The fraction of sp³-hybridized carbons (Fsp3) is 0.643. The molecule has 0 unspecified atom stereocenters. The highest BCUT2D eigenvalue weighted by atomic mass is 79.9. The van der Waals surface area contributed by atoms with Crippen molar-refractivity contribution >= 4 is 79.9 Å². The maximum absolute atomic E-state index is 3.86. The minimum absolute atomic E-state index is 0.593. The monoisotopic (exact) mass is 750 g/mol. The topological polar surface area (TPSA) is 0 Å². The molecule has 0 atom stereocenters.